The van der Waals surface area contributed by atoms with Gasteiger partial charge in [0.05, 0.1) is 6.04 Å². The van der Waals surface area contributed by atoms with Crippen LogP contribution in [0.25, 0.3) is 0 Å². The number of aryl methyl sites for hydroxylation is 2. The van der Waals surface area contributed by atoms with Crippen molar-refractivity contribution in [3.8, 4) is 0 Å². The molecule has 2 atom stereocenters. The van der Waals surface area contributed by atoms with Crippen LogP contribution in [0.3, 0.4) is 0 Å². The first kappa shape index (κ1) is 19.0. The van der Waals surface area contributed by atoms with Crippen LogP contribution in [0.15, 0.2) is 18.5 Å². The maximum absolute atomic E-state index is 12.7. The Morgan fingerprint density at radius 3 is 2.96 bits per heavy atom. The zero-order valence-electron chi connectivity index (χ0n) is 16.0. The van der Waals surface area contributed by atoms with Gasteiger partial charge in [0.15, 0.2) is 5.82 Å². The van der Waals surface area contributed by atoms with Crippen LogP contribution >= 0.6 is 0 Å². The van der Waals surface area contributed by atoms with Gasteiger partial charge in [-0.3, -0.25) is 19.7 Å². The summed E-state index contributed by atoms with van der Waals surface area (Å²) in [5.74, 6) is 0.455. The average molecular weight is 370 g/mol. The third-order valence-electron chi connectivity index (χ3n) is 5.02. The molecule has 2 aromatic heterocycles. The highest BCUT2D eigenvalue weighted by Crippen LogP contribution is 2.24. The van der Waals surface area contributed by atoms with Crippen LogP contribution in [0.2, 0.25) is 0 Å². The largest absolute Gasteiger partial charge is 0.341 e. The maximum Gasteiger partial charge on any atom is 0.311 e. The second-order valence-electron chi connectivity index (χ2n) is 6.99. The molecule has 0 saturated carbocycles. The Kier molecular flexibility index (Phi) is 5.83. The number of hydrogen-bond acceptors (Lipinski definition) is 5. The third-order valence-corrected chi connectivity index (χ3v) is 5.02. The molecule has 0 aromatic carbocycles. The molecule has 27 heavy (non-hydrogen) atoms. The van der Waals surface area contributed by atoms with Gasteiger partial charge in [-0.05, 0) is 50.3 Å². The number of piperidine rings is 1. The standard InChI is InChI=1S/C19H26N6O2/c1-4-14-10-20-8-7-16(14)12(2)21-18(26)19(27)25-9-5-6-15(11-25)17-22-13(3)23-24-17/h7-8,10,12,15H,4-6,9,11H2,1-3H3,(H,21,26)(H,22,23,24). The summed E-state index contributed by atoms with van der Waals surface area (Å²) in [5.41, 5.74) is 2.05. The highest BCUT2D eigenvalue weighted by atomic mass is 16.2. The number of carbonyl (C=O) groups is 2. The molecule has 2 aromatic rings. The molecule has 1 aliphatic heterocycles. The van der Waals surface area contributed by atoms with Crippen molar-refractivity contribution in [3.05, 3.63) is 41.2 Å². The number of amides is 2. The molecule has 2 N–H and O–H groups in total. The van der Waals surface area contributed by atoms with Crippen LogP contribution < -0.4 is 5.32 Å². The summed E-state index contributed by atoms with van der Waals surface area (Å²) >= 11 is 0. The number of rotatable bonds is 4. The van der Waals surface area contributed by atoms with E-state index in [1.807, 2.05) is 26.8 Å². The highest BCUT2D eigenvalue weighted by Gasteiger charge is 2.31. The minimum absolute atomic E-state index is 0.0600. The molecule has 2 unspecified atom stereocenters. The van der Waals surface area contributed by atoms with Crippen molar-refractivity contribution >= 4 is 11.8 Å². The summed E-state index contributed by atoms with van der Waals surface area (Å²) in [6, 6.07) is 1.63. The lowest BCUT2D eigenvalue weighted by molar-refractivity contribution is -0.147. The highest BCUT2D eigenvalue weighted by molar-refractivity contribution is 6.35. The predicted octanol–water partition coefficient (Wildman–Crippen LogP) is 1.65. The van der Waals surface area contributed by atoms with Gasteiger partial charge >= 0.3 is 11.8 Å². The first-order chi connectivity index (χ1) is 13.0. The number of nitrogens with zero attached hydrogens (tertiary/aromatic N) is 4. The van der Waals surface area contributed by atoms with E-state index in [1.54, 1.807) is 17.3 Å². The summed E-state index contributed by atoms with van der Waals surface area (Å²) in [6.45, 7) is 6.82. The fourth-order valence-corrected chi connectivity index (χ4v) is 3.55. The summed E-state index contributed by atoms with van der Waals surface area (Å²) in [6.07, 6.45) is 6.06. The second-order valence-corrected chi connectivity index (χ2v) is 6.99. The van der Waals surface area contributed by atoms with Crippen LogP contribution in [-0.2, 0) is 16.0 Å². The summed E-state index contributed by atoms with van der Waals surface area (Å²) < 4.78 is 0. The molecule has 0 radical (unpaired) electrons. The Morgan fingerprint density at radius 2 is 2.26 bits per heavy atom. The Morgan fingerprint density at radius 1 is 1.44 bits per heavy atom. The van der Waals surface area contributed by atoms with E-state index < -0.39 is 11.8 Å². The number of aromatic amines is 1. The molecular weight excluding hydrogens is 344 g/mol. The van der Waals surface area contributed by atoms with Crippen LogP contribution in [0.1, 0.15) is 61.4 Å². The quantitative estimate of drug-likeness (QED) is 0.797. The average Bonchev–Trinajstić information content (AvgIpc) is 3.13. The third kappa shape index (κ3) is 4.32. The fourth-order valence-electron chi connectivity index (χ4n) is 3.55. The minimum atomic E-state index is -0.576. The van der Waals surface area contributed by atoms with Gasteiger partial charge in [-0.15, -0.1) is 0 Å². The predicted molar refractivity (Wildman–Crippen MR) is 99.8 cm³/mol. The van der Waals surface area contributed by atoms with Gasteiger partial charge in [-0.25, -0.2) is 4.98 Å². The van der Waals surface area contributed by atoms with E-state index in [-0.39, 0.29) is 12.0 Å². The van der Waals surface area contributed by atoms with Gasteiger partial charge in [0.1, 0.15) is 5.82 Å². The number of hydrogen-bond donors (Lipinski definition) is 2. The van der Waals surface area contributed by atoms with Gasteiger partial charge in [0, 0.05) is 31.4 Å². The fraction of sp³-hybridized carbons (Fsp3) is 0.526. The van der Waals surface area contributed by atoms with E-state index in [0.717, 1.165) is 36.2 Å². The molecular formula is C19H26N6O2. The molecule has 3 rings (SSSR count). The Bertz CT molecular complexity index is 818. The van der Waals surface area contributed by atoms with E-state index in [9.17, 15) is 9.59 Å². The number of likely N-dealkylation sites (tertiary alicyclic amines) is 1. The summed E-state index contributed by atoms with van der Waals surface area (Å²) in [4.78, 5) is 35.3. The van der Waals surface area contributed by atoms with Crippen molar-refractivity contribution in [1.29, 1.82) is 0 Å². The van der Waals surface area contributed by atoms with Crippen LogP contribution in [0, 0.1) is 6.92 Å². The second kappa shape index (κ2) is 8.28. The molecule has 1 fully saturated rings. The number of H-pyrrole nitrogens is 1. The maximum atomic E-state index is 12.7. The molecule has 144 valence electrons. The van der Waals surface area contributed by atoms with Crippen LogP contribution in [-0.4, -0.2) is 50.0 Å². The molecule has 1 aliphatic rings. The van der Waals surface area contributed by atoms with Gasteiger partial charge in [-0.1, -0.05) is 6.92 Å². The molecule has 8 heteroatoms. The molecule has 1 saturated heterocycles. The van der Waals surface area contributed by atoms with E-state index in [1.165, 1.54) is 0 Å². The number of pyridine rings is 1. The smallest absolute Gasteiger partial charge is 0.311 e. The summed E-state index contributed by atoms with van der Waals surface area (Å²) in [7, 11) is 0. The number of carbonyl (C=O) groups excluding carboxylic acids is 2. The molecule has 0 spiro atoms. The van der Waals surface area contributed by atoms with Crippen molar-refractivity contribution in [2.45, 2.75) is 52.0 Å². The van der Waals surface area contributed by atoms with E-state index >= 15 is 0 Å². The lowest BCUT2D eigenvalue weighted by Crippen LogP contribution is -2.47. The molecule has 8 nitrogen and oxygen atoms in total. The molecule has 0 bridgehead atoms. The number of nitrogens with one attached hydrogen (secondary N) is 2. The van der Waals surface area contributed by atoms with Gasteiger partial charge in [0.2, 0.25) is 0 Å². The first-order valence-corrected chi connectivity index (χ1v) is 9.41. The van der Waals surface area contributed by atoms with E-state index in [2.05, 4.69) is 25.5 Å². The van der Waals surface area contributed by atoms with Crippen LogP contribution in [0.4, 0.5) is 0 Å². The van der Waals surface area contributed by atoms with Crippen molar-refractivity contribution in [3.63, 3.8) is 0 Å². The normalized spacial score (nSPS) is 18.2. The zero-order chi connectivity index (χ0) is 19.4. The first-order valence-electron chi connectivity index (χ1n) is 9.41. The minimum Gasteiger partial charge on any atom is -0.341 e. The van der Waals surface area contributed by atoms with E-state index in [4.69, 9.17) is 0 Å². The Labute approximate surface area is 158 Å². The monoisotopic (exact) mass is 370 g/mol. The topological polar surface area (TPSA) is 104 Å². The zero-order valence-corrected chi connectivity index (χ0v) is 16.0. The molecule has 3 heterocycles. The van der Waals surface area contributed by atoms with Gasteiger partial charge in [-0.2, -0.15) is 5.10 Å². The molecule has 0 aliphatic carbocycles. The SMILES string of the molecule is CCc1cnccc1C(C)NC(=O)C(=O)N1CCCC(c2n[nH]c(C)n2)C1. The Balaban J connectivity index is 1.63. The van der Waals surface area contributed by atoms with Crippen molar-refractivity contribution in [2.75, 3.05) is 13.1 Å². The van der Waals surface area contributed by atoms with Crippen molar-refractivity contribution in [2.24, 2.45) is 0 Å². The summed E-state index contributed by atoms with van der Waals surface area (Å²) in [5, 5.41) is 9.87. The Hall–Kier alpha value is -2.77. The van der Waals surface area contributed by atoms with Crippen molar-refractivity contribution in [1.82, 2.24) is 30.4 Å². The number of aromatic nitrogens is 4. The van der Waals surface area contributed by atoms with Gasteiger partial charge in [0.25, 0.3) is 0 Å². The molecule has 2 amide bonds. The lowest BCUT2D eigenvalue weighted by Gasteiger charge is -2.31. The van der Waals surface area contributed by atoms with E-state index in [0.29, 0.717) is 18.9 Å². The van der Waals surface area contributed by atoms with Crippen LogP contribution in [0.5, 0.6) is 0 Å². The lowest BCUT2D eigenvalue weighted by atomic mass is 9.97. The van der Waals surface area contributed by atoms with Gasteiger partial charge < -0.3 is 10.2 Å². The van der Waals surface area contributed by atoms with Crippen molar-refractivity contribution < 1.29 is 9.59 Å².